The molecule has 2 unspecified atom stereocenters. The number of carbonyl (C=O) groups is 2. The maximum Gasteiger partial charge on any atom is 0.257 e. The minimum atomic E-state index is -0.250. The molecule has 6 heteroatoms. The molecule has 1 aromatic carbocycles. The Hall–Kier alpha value is -3.46. The summed E-state index contributed by atoms with van der Waals surface area (Å²) in [4.78, 5) is 33.1. The van der Waals surface area contributed by atoms with Crippen LogP contribution >= 0.6 is 0 Å². The fourth-order valence-corrected chi connectivity index (χ4v) is 5.21. The molecule has 1 saturated carbocycles. The van der Waals surface area contributed by atoms with Crippen LogP contribution < -0.4 is 5.32 Å². The Balaban J connectivity index is 1.50. The third kappa shape index (κ3) is 5.84. The first-order valence-corrected chi connectivity index (χ1v) is 13.3. The van der Waals surface area contributed by atoms with Crippen molar-refractivity contribution in [3.8, 4) is 6.07 Å². The van der Waals surface area contributed by atoms with E-state index < -0.39 is 0 Å². The predicted octanol–water partition coefficient (Wildman–Crippen LogP) is 5.68. The van der Waals surface area contributed by atoms with E-state index in [1.54, 1.807) is 24.3 Å². The largest absolute Gasteiger partial charge is 0.314 e. The fraction of sp³-hybridized carbons (Fsp3) is 0.467. The van der Waals surface area contributed by atoms with Gasteiger partial charge in [-0.1, -0.05) is 64.2 Å². The van der Waals surface area contributed by atoms with Crippen molar-refractivity contribution in [3.05, 3.63) is 71.0 Å². The summed E-state index contributed by atoms with van der Waals surface area (Å²) in [5.41, 5.74) is 3.04. The summed E-state index contributed by atoms with van der Waals surface area (Å²) in [7, 11) is 0. The van der Waals surface area contributed by atoms with E-state index in [4.69, 9.17) is 10.3 Å². The highest BCUT2D eigenvalue weighted by Gasteiger charge is 2.32. The normalized spacial score (nSPS) is 20.8. The van der Waals surface area contributed by atoms with Gasteiger partial charge in [-0.2, -0.15) is 5.26 Å². The van der Waals surface area contributed by atoms with Crippen LogP contribution in [-0.2, 0) is 4.79 Å². The number of hydrogen-bond acceptors (Lipinski definition) is 5. The summed E-state index contributed by atoms with van der Waals surface area (Å²) in [5.74, 6) is 0.691. The Morgan fingerprint density at radius 1 is 1.14 bits per heavy atom. The van der Waals surface area contributed by atoms with E-state index in [9.17, 15) is 9.59 Å². The average molecular weight is 485 g/mol. The zero-order chi connectivity index (χ0) is 25.5. The van der Waals surface area contributed by atoms with Crippen molar-refractivity contribution in [2.24, 2.45) is 16.8 Å². The number of rotatable bonds is 7. The second-order valence-electron chi connectivity index (χ2n) is 9.98. The molecule has 1 N–H and O–H groups in total. The summed E-state index contributed by atoms with van der Waals surface area (Å²) in [6, 6.07) is 8.45. The molecule has 2 atom stereocenters. The minimum absolute atomic E-state index is 0.136. The highest BCUT2D eigenvalue weighted by Crippen LogP contribution is 2.31. The van der Waals surface area contributed by atoms with Crippen molar-refractivity contribution in [1.29, 1.82) is 5.26 Å². The maximum atomic E-state index is 13.3. The van der Waals surface area contributed by atoms with Crippen LogP contribution in [-0.4, -0.2) is 35.1 Å². The number of nitriles is 1. The Morgan fingerprint density at radius 2 is 1.86 bits per heavy atom. The molecule has 0 radical (unpaired) electrons. The number of guanidine groups is 1. The quantitative estimate of drug-likeness (QED) is 0.504. The van der Waals surface area contributed by atoms with Crippen molar-refractivity contribution >= 4 is 17.6 Å². The molecule has 0 spiro atoms. The van der Waals surface area contributed by atoms with Crippen molar-refractivity contribution in [3.63, 3.8) is 0 Å². The Labute approximate surface area is 214 Å². The van der Waals surface area contributed by atoms with Crippen LogP contribution in [0.5, 0.6) is 0 Å². The van der Waals surface area contributed by atoms with Crippen molar-refractivity contribution in [2.45, 2.75) is 71.3 Å². The molecule has 1 fully saturated rings. The molecular weight excluding hydrogens is 448 g/mol. The van der Waals surface area contributed by atoms with Gasteiger partial charge < -0.3 is 4.90 Å². The average Bonchev–Trinajstić information content (AvgIpc) is 3.10. The summed E-state index contributed by atoms with van der Waals surface area (Å²) < 4.78 is 0. The number of allylic oxidation sites excluding steroid dienone is 4. The van der Waals surface area contributed by atoms with Crippen molar-refractivity contribution in [2.75, 3.05) is 6.54 Å². The SMILES string of the molecule is CCCCN1C2=CC=C(C(C)C(=O)C3CCCCCC3)C=CC2N=C1NC(=O)c1ccc(C#N)cc1. The van der Waals surface area contributed by atoms with Gasteiger partial charge in [-0.05, 0) is 55.2 Å². The molecule has 3 aliphatic rings. The van der Waals surface area contributed by atoms with Gasteiger partial charge >= 0.3 is 0 Å². The van der Waals surface area contributed by atoms with E-state index in [2.05, 4.69) is 35.4 Å². The Morgan fingerprint density at radius 3 is 2.53 bits per heavy atom. The number of amides is 1. The number of aliphatic imine (C=N–C) groups is 1. The van der Waals surface area contributed by atoms with Crippen LogP contribution in [0.1, 0.15) is 81.1 Å². The van der Waals surface area contributed by atoms with Gasteiger partial charge in [-0.15, -0.1) is 0 Å². The number of nitrogens with one attached hydrogen (secondary N) is 1. The molecule has 2 aliphatic carbocycles. The van der Waals surface area contributed by atoms with Crippen LogP contribution in [0.2, 0.25) is 0 Å². The minimum Gasteiger partial charge on any atom is -0.314 e. The van der Waals surface area contributed by atoms with Crippen LogP contribution in [0.4, 0.5) is 0 Å². The molecule has 0 aromatic heterocycles. The van der Waals surface area contributed by atoms with Crippen LogP contribution in [0.15, 0.2) is 64.8 Å². The number of nitrogens with zero attached hydrogens (tertiary/aromatic N) is 3. The van der Waals surface area contributed by atoms with Gasteiger partial charge in [-0.25, -0.2) is 4.99 Å². The second kappa shape index (κ2) is 12.0. The molecule has 1 heterocycles. The summed E-state index contributed by atoms with van der Waals surface area (Å²) in [5, 5.41) is 12.0. The van der Waals surface area contributed by atoms with Gasteiger partial charge in [0.1, 0.15) is 11.8 Å². The van der Waals surface area contributed by atoms with Crippen molar-refractivity contribution < 1.29 is 9.59 Å². The van der Waals surface area contributed by atoms with Gasteiger partial charge in [-0.3, -0.25) is 14.9 Å². The zero-order valence-corrected chi connectivity index (χ0v) is 21.4. The number of carbonyl (C=O) groups excluding carboxylic acids is 2. The van der Waals surface area contributed by atoms with E-state index in [1.165, 1.54) is 12.8 Å². The highest BCUT2D eigenvalue weighted by molar-refractivity contribution is 6.07. The molecule has 1 aliphatic heterocycles. The Kier molecular flexibility index (Phi) is 8.53. The van der Waals surface area contributed by atoms with Crippen LogP contribution in [0.3, 0.4) is 0 Å². The van der Waals surface area contributed by atoms with Crippen molar-refractivity contribution in [1.82, 2.24) is 10.2 Å². The van der Waals surface area contributed by atoms with E-state index in [1.807, 2.05) is 19.1 Å². The smallest absolute Gasteiger partial charge is 0.257 e. The molecule has 36 heavy (non-hydrogen) atoms. The number of benzene rings is 1. The molecule has 0 bridgehead atoms. The second-order valence-corrected chi connectivity index (χ2v) is 9.98. The lowest BCUT2D eigenvalue weighted by Gasteiger charge is -2.23. The molecule has 1 amide bonds. The maximum absolute atomic E-state index is 13.3. The lowest BCUT2D eigenvalue weighted by atomic mass is 9.84. The third-order valence-corrected chi connectivity index (χ3v) is 7.47. The van der Waals surface area contributed by atoms with E-state index in [-0.39, 0.29) is 23.8 Å². The first kappa shape index (κ1) is 25.6. The van der Waals surface area contributed by atoms with Gasteiger partial charge in [0.2, 0.25) is 5.96 Å². The van der Waals surface area contributed by atoms with Crippen LogP contribution in [0, 0.1) is 23.2 Å². The van der Waals surface area contributed by atoms with Gasteiger partial charge in [0.05, 0.1) is 11.6 Å². The number of fused-ring (bicyclic) bond motifs is 1. The van der Waals surface area contributed by atoms with E-state index in [0.717, 1.165) is 56.3 Å². The number of hydrogen-bond donors (Lipinski definition) is 1. The first-order valence-electron chi connectivity index (χ1n) is 13.3. The molecule has 6 nitrogen and oxygen atoms in total. The Bertz CT molecular complexity index is 1130. The lowest BCUT2D eigenvalue weighted by molar-refractivity contribution is -0.125. The zero-order valence-electron chi connectivity index (χ0n) is 21.4. The number of unbranched alkanes of at least 4 members (excludes halogenated alkanes) is 1. The molecular formula is C30H36N4O2. The highest BCUT2D eigenvalue weighted by atomic mass is 16.2. The third-order valence-electron chi connectivity index (χ3n) is 7.47. The first-order chi connectivity index (χ1) is 17.5. The van der Waals surface area contributed by atoms with Gasteiger partial charge in [0.15, 0.2) is 0 Å². The number of ketones is 1. The molecule has 188 valence electrons. The van der Waals surface area contributed by atoms with E-state index >= 15 is 0 Å². The summed E-state index contributed by atoms with van der Waals surface area (Å²) >= 11 is 0. The molecule has 4 rings (SSSR count). The monoisotopic (exact) mass is 484 g/mol. The standard InChI is InChI=1S/C30H36N4O2/c1-3-4-19-34-27-18-16-23(21(2)28(35)24-9-7-5-6-8-10-24)15-17-26(27)32-30(34)33-29(36)25-13-11-22(20-31)12-14-25/h11-18,21,24,26H,3-10,19H2,1-2H3,(H,32,33,36). The van der Waals surface area contributed by atoms with Gasteiger partial charge in [0.25, 0.3) is 5.91 Å². The fourth-order valence-electron chi connectivity index (χ4n) is 5.21. The summed E-state index contributed by atoms with van der Waals surface area (Å²) in [6.45, 7) is 4.92. The lowest BCUT2D eigenvalue weighted by Crippen LogP contribution is -2.41. The van der Waals surface area contributed by atoms with Gasteiger partial charge in [0, 0.05) is 29.6 Å². The molecule has 0 saturated heterocycles. The topological polar surface area (TPSA) is 85.6 Å². The van der Waals surface area contributed by atoms with E-state index in [0.29, 0.717) is 22.9 Å². The predicted molar refractivity (Wildman–Crippen MR) is 142 cm³/mol. The summed E-state index contributed by atoms with van der Waals surface area (Å²) in [6.07, 6.45) is 17.0. The number of Topliss-reactive ketones (excluding diaryl/α,β-unsaturated/α-hetero) is 1. The molecule has 1 aromatic rings. The van der Waals surface area contributed by atoms with Crippen LogP contribution in [0.25, 0.3) is 0 Å².